The van der Waals surface area contributed by atoms with Crippen molar-refractivity contribution in [3.05, 3.63) is 5.69 Å². The third kappa shape index (κ3) is 5.25. The van der Waals surface area contributed by atoms with E-state index >= 15 is 0 Å². The molecule has 1 aromatic heterocycles. The molecule has 0 bridgehead atoms. The van der Waals surface area contributed by atoms with Gasteiger partial charge < -0.3 is 5.32 Å². The van der Waals surface area contributed by atoms with Crippen molar-refractivity contribution in [3.8, 4) is 0 Å². The molecule has 0 spiro atoms. The van der Waals surface area contributed by atoms with Crippen LogP contribution in [-0.2, 0) is 14.8 Å². The largest absolute Gasteiger partial charge is 0.302 e. The molecule has 108 valence electrons. The van der Waals surface area contributed by atoms with Crippen molar-refractivity contribution in [2.24, 2.45) is 10.6 Å². The average Bonchev–Trinajstić information content (AvgIpc) is 2.55. The number of anilines is 1. The van der Waals surface area contributed by atoms with Crippen LogP contribution in [0, 0.1) is 12.3 Å². The van der Waals surface area contributed by atoms with Gasteiger partial charge in [0, 0.05) is 6.42 Å². The zero-order valence-corrected chi connectivity index (χ0v) is 13.1. The Balaban J connectivity index is 2.71. The molecule has 1 heterocycles. The number of nitrogens with one attached hydrogen (secondary N) is 1. The van der Waals surface area contributed by atoms with Crippen molar-refractivity contribution >= 4 is 32.4 Å². The number of sulfonamides is 1. The fourth-order valence-corrected chi connectivity index (χ4v) is 3.25. The second kappa shape index (κ2) is 5.56. The van der Waals surface area contributed by atoms with Crippen LogP contribution in [0.4, 0.5) is 5.13 Å². The fourth-order valence-electron chi connectivity index (χ4n) is 1.37. The number of nitrogens with zero attached hydrogens (tertiary/aromatic N) is 1. The summed E-state index contributed by atoms with van der Waals surface area (Å²) in [5.41, 5.74) is 0.376. The Bertz CT molecular complexity index is 570. The maximum Gasteiger partial charge on any atom is 0.249 e. The quantitative estimate of drug-likeness (QED) is 0.886. The summed E-state index contributed by atoms with van der Waals surface area (Å²) < 4.78 is 22.5. The normalized spacial score (nSPS) is 12.5. The Hall–Kier alpha value is -0.990. The summed E-state index contributed by atoms with van der Waals surface area (Å²) in [6, 6.07) is 0. The molecule has 0 aromatic carbocycles. The van der Waals surface area contributed by atoms with Gasteiger partial charge in [-0.2, -0.15) is 0 Å². The number of primary sulfonamides is 1. The highest BCUT2D eigenvalue weighted by atomic mass is 32.2. The molecule has 0 unspecified atom stereocenters. The van der Waals surface area contributed by atoms with E-state index in [0.29, 0.717) is 12.1 Å². The second-order valence-corrected chi connectivity index (χ2v) is 8.30. The van der Waals surface area contributed by atoms with E-state index in [1.165, 1.54) is 0 Å². The Kier molecular flexibility index (Phi) is 4.70. The number of aromatic nitrogens is 1. The van der Waals surface area contributed by atoms with E-state index in [1.807, 2.05) is 20.8 Å². The van der Waals surface area contributed by atoms with E-state index in [-0.39, 0.29) is 20.7 Å². The van der Waals surface area contributed by atoms with Crippen molar-refractivity contribution < 1.29 is 13.2 Å². The zero-order valence-electron chi connectivity index (χ0n) is 11.5. The van der Waals surface area contributed by atoms with Crippen LogP contribution < -0.4 is 10.5 Å². The highest BCUT2D eigenvalue weighted by Gasteiger charge is 2.19. The molecule has 8 heteroatoms. The molecule has 0 fully saturated rings. The van der Waals surface area contributed by atoms with Gasteiger partial charge in [-0.25, -0.2) is 18.5 Å². The van der Waals surface area contributed by atoms with Crippen LogP contribution in [0.3, 0.4) is 0 Å². The van der Waals surface area contributed by atoms with E-state index in [4.69, 9.17) is 5.14 Å². The van der Waals surface area contributed by atoms with Gasteiger partial charge in [0.25, 0.3) is 0 Å². The number of aryl methyl sites for hydroxylation is 1. The van der Waals surface area contributed by atoms with Gasteiger partial charge in [0.05, 0.1) is 5.69 Å². The molecule has 0 atom stereocenters. The molecule has 0 saturated carbocycles. The first-order chi connectivity index (χ1) is 8.49. The summed E-state index contributed by atoms with van der Waals surface area (Å²) in [6.07, 6.45) is 1.11. The van der Waals surface area contributed by atoms with E-state index in [1.54, 1.807) is 6.92 Å². The summed E-state index contributed by atoms with van der Waals surface area (Å²) in [6.45, 7) is 7.69. The first kappa shape index (κ1) is 16.1. The van der Waals surface area contributed by atoms with E-state index in [2.05, 4.69) is 10.3 Å². The van der Waals surface area contributed by atoms with Gasteiger partial charge >= 0.3 is 0 Å². The number of amides is 1. The minimum Gasteiger partial charge on any atom is -0.302 e. The summed E-state index contributed by atoms with van der Waals surface area (Å²) in [7, 11) is -3.78. The first-order valence-electron chi connectivity index (χ1n) is 5.79. The lowest BCUT2D eigenvalue weighted by atomic mass is 9.90. The summed E-state index contributed by atoms with van der Waals surface area (Å²) in [5.74, 6) is -0.176. The number of carbonyl (C=O) groups is 1. The van der Waals surface area contributed by atoms with Gasteiger partial charge in [0.2, 0.25) is 15.9 Å². The highest BCUT2D eigenvalue weighted by Crippen LogP contribution is 2.26. The van der Waals surface area contributed by atoms with Crippen LogP contribution in [0.15, 0.2) is 4.21 Å². The van der Waals surface area contributed by atoms with Crippen LogP contribution in [-0.4, -0.2) is 19.3 Å². The third-order valence-corrected chi connectivity index (χ3v) is 4.99. The molecule has 1 rings (SSSR count). The number of rotatable bonds is 4. The molecule has 19 heavy (non-hydrogen) atoms. The van der Waals surface area contributed by atoms with Gasteiger partial charge in [0.1, 0.15) is 0 Å². The predicted octanol–water partition coefficient (Wildman–Crippen LogP) is 1.86. The molecular formula is C11H19N3O3S2. The molecule has 0 aliphatic carbocycles. The smallest absolute Gasteiger partial charge is 0.249 e. The molecule has 0 aliphatic rings. The van der Waals surface area contributed by atoms with Gasteiger partial charge in [-0.1, -0.05) is 32.1 Å². The van der Waals surface area contributed by atoms with E-state index in [0.717, 1.165) is 17.8 Å². The van der Waals surface area contributed by atoms with Crippen molar-refractivity contribution in [2.75, 3.05) is 5.32 Å². The van der Waals surface area contributed by atoms with Crippen molar-refractivity contribution in [2.45, 2.75) is 44.7 Å². The van der Waals surface area contributed by atoms with Gasteiger partial charge in [-0.15, -0.1) is 0 Å². The van der Waals surface area contributed by atoms with Crippen LogP contribution >= 0.6 is 11.3 Å². The number of hydrogen-bond donors (Lipinski definition) is 2. The van der Waals surface area contributed by atoms with E-state index in [9.17, 15) is 13.2 Å². The van der Waals surface area contributed by atoms with Crippen molar-refractivity contribution in [3.63, 3.8) is 0 Å². The molecule has 0 aliphatic heterocycles. The Morgan fingerprint density at radius 1 is 1.42 bits per heavy atom. The van der Waals surface area contributed by atoms with Crippen molar-refractivity contribution in [1.29, 1.82) is 0 Å². The molecular weight excluding hydrogens is 286 g/mol. The average molecular weight is 305 g/mol. The lowest BCUT2D eigenvalue weighted by Crippen LogP contribution is -2.15. The molecule has 1 aromatic rings. The van der Waals surface area contributed by atoms with Crippen LogP contribution in [0.5, 0.6) is 0 Å². The molecule has 6 nitrogen and oxygen atoms in total. The second-order valence-electron chi connectivity index (χ2n) is 5.55. The molecule has 3 N–H and O–H groups in total. The third-order valence-electron chi connectivity index (χ3n) is 2.36. The predicted molar refractivity (Wildman–Crippen MR) is 75.5 cm³/mol. The highest BCUT2D eigenvalue weighted by molar-refractivity contribution is 7.91. The monoisotopic (exact) mass is 305 g/mol. The van der Waals surface area contributed by atoms with Crippen molar-refractivity contribution in [1.82, 2.24) is 4.98 Å². The lowest BCUT2D eigenvalue weighted by molar-refractivity contribution is -0.116. The van der Waals surface area contributed by atoms with Crippen LogP contribution in [0.2, 0.25) is 0 Å². The molecule has 0 radical (unpaired) electrons. The number of hydrogen-bond acceptors (Lipinski definition) is 5. The molecule has 0 saturated heterocycles. The fraction of sp³-hybridized carbons (Fsp3) is 0.636. The lowest BCUT2D eigenvalue weighted by Gasteiger charge is -2.16. The van der Waals surface area contributed by atoms with Gasteiger partial charge in [-0.3, -0.25) is 4.79 Å². The minimum atomic E-state index is -3.78. The minimum absolute atomic E-state index is 0.0152. The Morgan fingerprint density at radius 3 is 2.42 bits per heavy atom. The number of nitrogens with two attached hydrogens (primary N) is 1. The zero-order chi connectivity index (χ0) is 14.8. The SMILES string of the molecule is Cc1nc(NC(=O)CCC(C)(C)C)sc1S(N)(=O)=O. The number of carbonyl (C=O) groups excluding carboxylic acids is 1. The standard InChI is InChI=1S/C11H19N3O3S2/c1-7-9(19(12,16)17)18-10(13-7)14-8(15)5-6-11(2,3)4/h5-6H2,1-4H3,(H2,12,16,17)(H,13,14,15). The van der Waals surface area contributed by atoms with E-state index < -0.39 is 10.0 Å². The Morgan fingerprint density at radius 2 is 2.00 bits per heavy atom. The van der Waals surface area contributed by atoms with Gasteiger partial charge in [0.15, 0.2) is 9.34 Å². The summed E-state index contributed by atoms with van der Waals surface area (Å²) >= 11 is 0.872. The summed E-state index contributed by atoms with van der Waals surface area (Å²) in [4.78, 5) is 15.7. The Labute approximate surface area is 117 Å². The molecule has 1 amide bonds. The van der Waals surface area contributed by atoms with Gasteiger partial charge in [-0.05, 0) is 18.8 Å². The van der Waals surface area contributed by atoms with Crippen LogP contribution in [0.1, 0.15) is 39.3 Å². The number of thiazole rings is 1. The first-order valence-corrected chi connectivity index (χ1v) is 8.15. The maximum atomic E-state index is 11.7. The summed E-state index contributed by atoms with van der Waals surface area (Å²) in [5, 5.41) is 7.91. The maximum absolute atomic E-state index is 11.7. The van der Waals surface area contributed by atoms with Crippen LogP contribution in [0.25, 0.3) is 0 Å². The topological polar surface area (TPSA) is 102 Å².